The van der Waals surface area contributed by atoms with Crippen LogP contribution in [0.25, 0.3) is 133 Å². The van der Waals surface area contributed by atoms with Crippen molar-refractivity contribution in [3.63, 3.8) is 0 Å². The average molecular weight is 1820 g/mol. The van der Waals surface area contributed by atoms with Crippen molar-refractivity contribution in [3.8, 4) is 89.0 Å². The van der Waals surface area contributed by atoms with Crippen LogP contribution in [-0.4, -0.2) is 0 Å². The smallest absolute Gasteiger partial charge is 0.143 e. The van der Waals surface area contributed by atoms with Crippen molar-refractivity contribution in [1.29, 1.82) is 0 Å². The molecule has 138 heavy (non-hydrogen) atoms. The first-order chi connectivity index (χ1) is 67.5. The fourth-order valence-corrected chi connectivity index (χ4v) is 27.4. The number of hydrogen-bond acceptors (Lipinski definition) is 3. The van der Waals surface area contributed by atoms with Gasteiger partial charge in [-0.1, -0.05) is 445 Å². The van der Waals surface area contributed by atoms with Gasteiger partial charge in [-0.25, -0.2) is 0 Å². The van der Waals surface area contributed by atoms with Crippen LogP contribution in [0, 0.1) is 13.8 Å². The summed E-state index contributed by atoms with van der Waals surface area (Å²) in [6.07, 6.45) is 50.9. The highest BCUT2D eigenvalue weighted by atomic mass is 16.3. The van der Waals surface area contributed by atoms with E-state index in [0.29, 0.717) is 0 Å². The molecule has 2 heterocycles. The molecule has 13 aromatic carbocycles. The van der Waals surface area contributed by atoms with Gasteiger partial charge >= 0.3 is 0 Å². The Balaban J connectivity index is 0.664. The molecule has 20 rings (SSSR count). The van der Waals surface area contributed by atoms with Gasteiger partial charge in [-0.15, -0.1) is 0 Å². The van der Waals surface area contributed by atoms with E-state index in [9.17, 15) is 0 Å². The summed E-state index contributed by atoms with van der Waals surface area (Å²) in [4.78, 5) is 2.70. The van der Waals surface area contributed by atoms with Crippen LogP contribution in [0.3, 0.4) is 0 Å². The number of hydrogen-bond donors (Lipinski definition) is 0. The van der Waals surface area contributed by atoms with Gasteiger partial charge in [0.05, 0.1) is 5.69 Å². The van der Waals surface area contributed by atoms with Crippen LogP contribution < -0.4 is 4.90 Å². The van der Waals surface area contributed by atoms with E-state index in [1.165, 1.54) is 388 Å². The predicted octanol–water partition coefficient (Wildman–Crippen LogP) is 41.7. The van der Waals surface area contributed by atoms with E-state index in [-0.39, 0.29) is 27.1 Å². The van der Waals surface area contributed by atoms with Gasteiger partial charge in [-0.3, -0.25) is 0 Å². The van der Waals surface area contributed by atoms with Gasteiger partial charge in [0.1, 0.15) is 22.3 Å². The standard InChI is InChI=1S/C135H155NO2/c1-13-19-25-31-37-49-80-134(81-50-38-32-26-20-14-2)113-76-77-124-127(107-57-42-45-60-122(107)137-124)126(113)111-91-119-110(90-120(111)134)105-74-69-100(88-118(105)135(119,82-51-39-33-27-21-15-3)83-52-40-34-28-22-16-4)136(129-92(7)54-53-55-93(129)8)99-70-75-106-116(87-99)132(11,12)121-89-109(130-128(125(106)121)108-58-43-46-61-123(108)138-130)95-64-62-94(63-65-95)96-66-71-102-103-72-67-97(85-115(103)131(9,10)114(102)84-96)98-68-73-104-101-56-41-44-59-112(101)133(117(104)86-98,78-47-35-29-23-17-5)79-48-36-30-24-18-6/h41-46,53-77,84-91H,13-40,47-52,78-83H2,1-12H3. The van der Waals surface area contributed by atoms with Gasteiger partial charge < -0.3 is 13.7 Å². The summed E-state index contributed by atoms with van der Waals surface area (Å²) in [7, 11) is 0. The molecule has 0 amide bonds. The quantitative estimate of drug-likeness (QED) is 0.0356. The molecule has 3 nitrogen and oxygen atoms in total. The molecule has 0 N–H and O–H groups in total. The fourth-order valence-electron chi connectivity index (χ4n) is 27.4. The molecule has 0 atom stereocenters. The molecule has 0 saturated carbocycles. The molecule has 5 aliphatic rings. The minimum absolute atomic E-state index is 0.0406. The first-order valence-electron chi connectivity index (χ1n) is 55.5. The Kier molecular flexibility index (Phi) is 28.1. The lowest BCUT2D eigenvalue weighted by Crippen LogP contribution is -2.27. The van der Waals surface area contributed by atoms with Gasteiger partial charge in [-0.2, -0.15) is 0 Å². The van der Waals surface area contributed by atoms with Crippen LogP contribution in [0.15, 0.2) is 245 Å². The van der Waals surface area contributed by atoms with Crippen LogP contribution in [0.5, 0.6) is 0 Å². The zero-order chi connectivity index (χ0) is 94.9. The average Bonchev–Trinajstić information content (AvgIpc) is 1.52. The Morgan fingerprint density at radius 2 is 0.572 bits per heavy atom. The Morgan fingerprint density at radius 3 is 1.11 bits per heavy atom. The number of aryl methyl sites for hydroxylation is 2. The number of para-hydroxylation sites is 3. The van der Waals surface area contributed by atoms with E-state index in [0.717, 1.165) is 51.7 Å². The maximum absolute atomic E-state index is 7.29. The summed E-state index contributed by atoms with van der Waals surface area (Å²) in [6.45, 7) is 28.8. The maximum Gasteiger partial charge on any atom is 0.143 e. The lowest BCUT2D eigenvalue weighted by molar-refractivity contribution is 0.394. The fraction of sp³-hybridized carbons (Fsp3) is 0.422. The Morgan fingerprint density at radius 1 is 0.225 bits per heavy atom. The normalized spacial score (nSPS) is 14.8. The SMILES string of the molecule is CCCCCCCCC1(CCCCCCCC)c2cc(N(c3ccc4c(c3)C(C)(C)c3cc(-c5ccc(-c6ccc7c(c6)C(C)(C)c6cc(-c8ccc9c(c8)C(CCCCCCC)(CCCCCCC)c8ccccc8-9)ccc6-7)cc5)c5oc6ccccc6c5c3-4)c3c(C)cccc3C)ccc2-c2cc3c(cc21)-c1c(ccc2oc4ccccc4c12)C3(CCCCCCCC)CCCCCCCC. The third-order valence-corrected chi connectivity index (χ3v) is 34.8. The van der Waals surface area contributed by atoms with Gasteiger partial charge in [0.15, 0.2) is 0 Å². The van der Waals surface area contributed by atoms with Crippen molar-refractivity contribution < 1.29 is 8.83 Å². The number of fused-ring (bicyclic) bond motifs is 23. The molecular formula is C135H155NO2. The van der Waals surface area contributed by atoms with Crippen molar-refractivity contribution in [2.45, 2.75) is 367 Å². The van der Waals surface area contributed by atoms with Crippen LogP contribution in [0.4, 0.5) is 17.1 Å². The Labute approximate surface area is 828 Å². The van der Waals surface area contributed by atoms with Gasteiger partial charge in [-0.05, 0) is 281 Å². The van der Waals surface area contributed by atoms with E-state index < -0.39 is 0 Å². The number of benzene rings is 13. The number of anilines is 3. The summed E-state index contributed by atoms with van der Waals surface area (Å²) in [5, 5.41) is 4.95. The molecule has 2 aromatic heterocycles. The van der Waals surface area contributed by atoms with Crippen molar-refractivity contribution >= 4 is 60.9 Å². The van der Waals surface area contributed by atoms with E-state index in [2.05, 4.69) is 325 Å². The highest BCUT2D eigenvalue weighted by Crippen LogP contribution is 2.66. The van der Waals surface area contributed by atoms with Crippen LogP contribution in [0.1, 0.15) is 393 Å². The molecule has 5 aliphatic carbocycles. The third kappa shape index (κ3) is 17.1. The lowest BCUT2D eigenvalue weighted by atomic mass is 9.68. The van der Waals surface area contributed by atoms with Crippen molar-refractivity contribution in [1.82, 2.24) is 0 Å². The molecule has 0 bridgehead atoms. The molecule has 0 saturated heterocycles. The summed E-state index contributed by atoms with van der Waals surface area (Å²) >= 11 is 0. The minimum Gasteiger partial charge on any atom is -0.456 e. The summed E-state index contributed by atoms with van der Waals surface area (Å²) in [5.74, 6) is 0. The monoisotopic (exact) mass is 1820 g/mol. The highest BCUT2D eigenvalue weighted by Gasteiger charge is 2.51. The molecule has 0 radical (unpaired) electrons. The number of furan rings is 2. The summed E-state index contributed by atoms with van der Waals surface area (Å²) < 4.78 is 14.3. The number of nitrogens with zero attached hydrogens (tertiary/aromatic N) is 1. The molecule has 0 aliphatic heterocycles. The van der Waals surface area contributed by atoms with Crippen LogP contribution in [0.2, 0.25) is 0 Å². The summed E-state index contributed by atoms with van der Waals surface area (Å²) in [6, 6.07) is 94.8. The highest BCUT2D eigenvalue weighted by molar-refractivity contribution is 6.19. The Bertz CT molecular complexity index is 6850. The molecule has 15 aromatic rings. The van der Waals surface area contributed by atoms with E-state index in [1.807, 2.05) is 0 Å². The molecule has 712 valence electrons. The van der Waals surface area contributed by atoms with E-state index in [1.54, 1.807) is 33.4 Å². The molecule has 3 heteroatoms. The maximum atomic E-state index is 7.29. The van der Waals surface area contributed by atoms with Gasteiger partial charge in [0, 0.05) is 65.6 Å². The van der Waals surface area contributed by atoms with Gasteiger partial charge in [0.2, 0.25) is 0 Å². The van der Waals surface area contributed by atoms with E-state index >= 15 is 0 Å². The van der Waals surface area contributed by atoms with Crippen molar-refractivity contribution in [3.05, 3.63) is 303 Å². The molecular weight excluding hydrogens is 1670 g/mol. The van der Waals surface area contributed by atoms with Gasteiger partial charge in [0.25, 0.3) is 0 Å². The second kappa shape index (κ2) is 40.8. The van der Waals surface area contributed by atoms with Crippen LogP contribution >= 0.6 is 0 Å². The molecule has 0 spiro atoms. The molecule has 0 fully saturated rings. The number of rotatable bonds is 46. The largest absolute Gasteiger partial charge is 0.456 e. The molecule has 0 unspecified atom stereocenters. The number of unbranched alkanes of at least 4 members (excludes halogenated alkanes) is 28. The Hall–Kier alpha value is -10.7. The second-order valence-electron chi connectivity index (χ2n) is 44.4. The first-order valence-corrected chi connectivity index (χ1v) is 55.5. The van der Waals surface area contributed by atoms with E-state index in [4.69, 9.17) is 8.83 Å². The lowest BCUT2D eigenvalue weighted by Gasteiger charge is -2.35. The zero-order valence-corrected chi connectivity index (χ0v) is 86.1. The zero-order valence-electron chi connectivity index (χ0n) is 86.1. The second-order valence-corrected chi connectivity index (χ2v) is 44.4. The third-order valence-electron chi connectivity index (χ3n) is 34.8. The van der Waals surface area contributed by atoms with Crippen LogP contribution in [-0.2, 0) is 27.1 Å². The first kappa shape index (κ1) is 94.8. The minimum atomic E-state index is -0.389. The predicted molar refractivity (Wildman–Crippen MR) is 594 cm³/mol. The van der Waals surface area contributed by atoms with Crippen molar-refractivity contribution in [2.24, 2.45) is 0 Å². The van der Waals surface area contributed by atoms with Crippen molar-refractivity contribution in [2.75, 3.05) is 4.90 Å². The summed E-state index contributed by atoms with van der Waals surface area (Å²) in [5.41, 5.74) is 45.8. The topological polar surface area (TPSA) is 29.5 Å².